The molecule has 0 aliphatic carbocycles. The van der Waals surface area contributed by atoms with Crippen molar-refractivity contribution in [3.8, 4) is 0 Å². The molecule has 152 valence electrons. The van der Waals surface area contributed by atoms with Crippen molar-refractivity contribution in [3.63, 3.8) is 0 Å². The first-order valence-electron chi connectivity index (χ1n) is 10.2. The lowest BCUT2D eigenvalue weighted by Crippen LogP contribution is -3.27. The summed E-state index contributed by atoms with van der Waals surface area (Å²) in [5.74, 6) is -0.0316. The van der Waals surface area contributed by atoms with Crippen LogP contribution in [0.25, 0.3) is 0 Å². The summed E-state index contributed by atoms with van der Waals surface area (Å²) in [4.78, 5) is 18.8. The number of nitrogens with one attached hydrogen (secondary N) is 3. The highest BCUT2D eigenvalue weighted by molar-refractivity contribution is 7.16. The van der Waals surface area contributed by atoms with Gasteiger partial charge in [-0.15, -0.1) is 22.7 Å². The van der Waals surface area contributed by atoms with Crippen molar-refractivity contribution in [3.05, 3.63) is 74.3 Å². The quantitative estimate of drug-likeness (QED) is 0.574. The largest absolute Gasteiger partial charge is 0.328 e. The first-order valence-corrected chi connectivity index (χ1v) is 11.9. The van der Waals surface area contributed by atoms with Gasteiger partial charge in [0.05, 0.1) is 17.5 Å². The van der Waals surface area contributed by atoms with Crippen LogP contribution in [-0.2, 0) is 0 Å². The van der Waals surface area contributed by atoms with Gasteiger partial charge in [-0.05, 0) is 43.0 Å². The van der Waals surface area contributed by atoms with Crippen molar-refractivity contribution in [1.29, 1.82) is 0 Å². The SMILES string of the molecule is Cc1sc(NC(=O)c2ccccc2)c([C@H](c2cccs2)[NH+]2CC[NH+](C)CC2)c1C. The van der Waals surface area contributed by atoms with Crippen molar-refractivity contribution in [2.45, 2.75) is 19.9 Å². The summed E-state index contributed by atoms with van der Waals surface area (Å²) in [7, 11) is 2.28. The van der Waals surface area contributed by atoms with Crippen LogP contribution in [0, 0.1) is 13.8 Å². The Kier molecular flexibility index (Phi) is 6.15. The van der Waals surface area contributed by atoms with E-state index >= 15 is 0 Å². The lowest BCUT2D eigenvalue weighted by molar-refractivity contribution is -1.02. The fourth-order valence-corrected chi connectivity index (χ4v) is 6.13. The number of carbonyl (C=O) groups excluding carboxylic acids is 1. The van der Waals surface area contributed by atoms with E-state index in [2.05, 4.69) is 43.7 Å². The van der Waals surface area contributed by atoms with Crippen LogP contribution >= 0.6 is 22.7 Å². The van der Waals surface area contributed by atoms with Crippen LogP contribution in [0.3, 0.4) is 0 Å². The number of likely N-dealkylation sites (N-methyl/N-ethyl adjacent to an activating group) is 1. The number of quaternary nitrogens is 2. The first kappa shape index (κ1) is 20.3. The van der Waals surface area contributed by atoms with Crippen LogP contribution in [0.4, 0.5) is 5.00 Å². The Morgan fingerprint density at radius 2 is 1.76 bits per heavy atom. The van der Waals surface area contributed by atoms with E-state index in [9.17, 15) is 4.79 Å². The lowest BCUT2D eigenvalue weighted by Gasteiger charge is -2.33. The average Bonchev–Trinajstić information content (AvgIpc) is 3.35. The topological polar surface area (TPSA) is 38.0 Å². The Bertz CT molecular complexity index is 958. The molecule has 3 N–H and O–H groups in total. The summed E-state index contributed by atoms with van der Waals surface area (Å²) < 4.78 is 0. The number of rotatable bonds is 5. The molecule has 1 atom stereocenters. The van der Waals surface area contributed by atoms with Crippen molar-refractivity contribution in [2.75, 3.05) is 38.5 Å². The summed E-state index contributed by atoms with van der Waals surface area (Å²) in [6.45, 7) is 9.04. The average molecular weight is 428 g/mol. The van der Waals surface area contributed by atoms with E-state index in [0.717, 1.165) is 18.1 Å². The first-order chi connectivity index (χ1) is 14.0. The molecule has 4 nitrogen and oxygen atoms in total. The van der Waals surface area contributed by atoms with Gasteiger partial charge in [0.2, 0.25) is 0 Å². The number of carbonyl (C=O) groups is 1. The van der Waals surface area contributed by atoms with Gasteiger partial charge in [0.15, 0.2) is 6.04 Å². The summed E-state index contributed by atoms with van der Waals surface area (Å²) in [5.41, 5.74) is 3.31. The molecule has 6 heteroatoms. The molecule has 1 amide bonds. The molecule has 3 aromatic rings. The van der Waals surface area contributed by atoms with Gasteiger partial charge in [-0.25, -0.2) is 0 Å². The third-order valence-electron chi connectivity index (χ3n) is 5.97. The minimum absolute atomic E-state index is 0.0316. The Balaban J connectivity index is 1.72. The Morgan fingerprint density at radius 3 is 2.41 bits per heavy atom. The van der Waals surface area contributed by atoms with Crippen LogP contribution in [0.1, 0.15) is 37.3 Å². The molecule has 0 radical (unpaired) electrons. The van der Waals surface area contributed by atoms with Gasteiger partial charge in [-0.3, -0.25) is 4.79 Å². The van der Waals surface area contributed by atoms with Crippen LogP contribution in [0.2, 0.25) is 0 Å². The van der Waals surface area contributed by atoms with Gasteiger partial charge in [0.1, 0.15) is 31.2 Å². The van der Waals surface area contributed by atoms with Gasteiger partial charge in [-0.1, -0.05) is 24.3 Å². The molecule has 0 spiro atoms. The van der Waals surface area contributed by atoms with Crippen molar-refractivity contribution in [2.24, 2.45) is 0 Å². The minimum Gasteiger partial charge on any atom is -0.328 e. The van der Waals surface area contributed by atoms with E-state index in [-0.39, 0.29) is 11.9 Å². The second kappa shape index (κ2) is 8.79. The van der Waals surface area contributed by atoms with Crippen LogP contribution in [0.15, 0.2) is 47.8 Å². The van der Waals surface area contributed by atoms with E-state index in [4.69, 9.17) is 0 Å². The van der Waals surface area contributed by atoms with E-state index in [1.54, 1.807) is 21.1 Å². The maximum Gasteiger partial charge on any atom is 0.256 e. The number of benzene rings is 1. The number of aryl methyl sites for hydroxylation is 1. The standard InChI is InChI=1S/C23H27N3OS2/c1-16-17(2)29-23(24-22(27)18-8-5-4-6-9-18)20(16)21(19-10-7-15-28-19)26-13-11-25(3)12-14-26/h4-10,15,21H,11-14H2,1-3H3,(H,24,27)/p+2/t21-/m0/s1. The third-order valence-corrected chi connectivity index (χ3v) is 8.04. The molecule has 0 unspecified atom stereocenters. The zero-order valence-electron chi connectivity index (χ0n) is 17.2. The Hall–Kier alpha value is -1.99. The van der Waals surface area contributed by atoms with Gasteiger partial charge in [0.25, 0.3) is 5.91 Å². The Morgan fingerprint density at radius 1 is 1.03 bits per heavy atom. The molecule has 0 bridgehead atoms. The maximum atomic E-state index is 12.9. The zero-order valence-corrected chi connectivity index (χ0v) is 18.9. The normalized spacial score (nSPS) is 20.4. The summed E-state index contributed by atoms with van der Waals surface area (Å²) in [6.07, 6.45) is 0. The van der Waals surface area contributed by atoms with Crippen molar-refractivity contribution < 1.29 is 14.6 Å². The second-order valence-corrected chi connectivity index (χ2v) is 10.1. The molecule has 4 rings (SSSR count). The lowest BCUT2D eigenvalue weighted by atomic mass is 9.99. The smallest absolute Gasteiger partial charge is 0.256 e. The molecule has 1 saturated heterocycles. The van der Waals surface area contributed by atoms with Crippen LogP contribution < -0.4 is 15.1 Å². The summed E-state index contributed by atoms with van der Waals surface area (Å²) >= 11 is 3.53. The predicted octanol–water partition coefficient (Wildman–Crippen LogP) is 2.18. The van der Waals surface area contributed by atoms with Crippen LogP contribution in [0.5, 0.6) is 0 Å². The van der Waals surface area contributed by atoms with Gasteiger partial charge < -0.3 is 15.1 Å². The molecule has 1 aliphatic heterocycles. The molecule has 2 aromatic heterocycles. The number of piperazine rings is 1. The van der Waals surface area contributed by atoms with E-state index in [0.29, 0.717) is 5.56 Å². The molecular weight excluding hydrogens is 398 g/mol. The fraction of sp³-hybridized carbons (Fsp3) is 0.348. The second-order valence-electron chi connectivity index (χ2n) is 7.91. The van der Waals surface area contributed by atoms with E-state index < -0.39 is 0 Å². The Labute approximate surface area is 180 Å². The third kappa shape index (κ3) is 4.31. The molecule has 1 fully saturated rings. The van der Waals surface area contributed by atoms with E-state index in [1.165, 1.54) is 34.0 Å². The highest BCUT2D eigenvalue weighted by atomic mass is 32.1. The molecule has 1 aromatic carbocycles. The number of anilines is 1. The van der Waals surface area contributed by atoms with Crippen molar-refractivity contribution in [1.82, 2.24) is 0 Å². The molecule has 1 aliphatic rings. The van der Waals surface area contributed by atoms with Crippen molar-refractivity contribution >= 4 is 33.6 Å². The van der Waals surface area contributed by atoms with E-state index in [1.807, 2.05) is 41.7 Å². The monoisotopic (exact) mass is 427 g/mol. The van der Waals surface area contributed by atoms with Gasteiger partial charge in [0, 0.05) is 10.4 Å². The number of amides is 1. The van der Waals surface area contributed by atoms with Crippen LogP contribution in [-0.4, -0.2) is 39.1 Å². The summed E-state index contributed by atoms with van der Waals surface area (Å²) in [5, 5.41) is 6.42. The number of hydrogen-bond acceptors (Lipinski definition) is 3. The highest BCUT2D eigenvalue weighted by Crippen LogP contribution is 2.39. The molecule has 3 heterocycles. The zero-order chi connectivity index (χ0) is 20.4. The fourth-order valence-electron chi connectivity index (χ4n) is 4.14. The number of hydrogen-bond donors (Lipinski definition) is 3. The summed E-state index contributed by atoms with van der Waals surface area (Å²) in [6, 6.07) is 14.2. The predicted molar refractivity (Wildman–Crippen MR) is 122 cm³/mol. The van der Waals surface area contributed by atoms with Gasteiger partial charge in [-0.2, -0.15) is 0 Å². The number of thiophene rings is 2. The van der Waals surface area contributed by atoms with Gasteiger partial charge >= 0.3 is 0 Å². The minimum atomic E-state index is -0.0316. The maximum absolute atomic E-state index is 12.9. The highest BCUT2D eigenvalue weighted by Gasteiger charge is 2.35. The molecule has 0 saturated carbocycles. The molecule has 29 heavy (non-hydrogen) atoms. The molecular formula is C23H29N3OS2+2.